The molecule has 1 amide bonds. The zero-order chi connectivity index (χ0) is 12.2. The Kier molecular flexibility index (Phi) is 4.87. The second-order valence-electron chi connectivity index (χ2n) is 2.97. The Labute approximate surface area is 109 Å². The van der Waals surface area contributed by atoms with E-state index in [1.807, 2.05) is 0 Å². The van der Waals surface area contributed by atoms with Crippen LogP contribution in [0.4, 0.5) is 0 Å². The van der Waals surface area contributed by atoms with E-state index in [-0.39, 0.29) is 0 Å². The average molecular weight is 283 g/mol. The number of hydrogen-bond acceptors (Lipinski definition) is 2. The van der Waals surface area contributed by atoms with Gasteiger partial charge in [0.1, 0.15) is 0 Å². The van der Waals surface area contributed by atoms with Gasteiger partial charge in [-0.2, -0.15) is 0 Å². The molecule has 0 spiro atoms. The SMILES string of the molecule is COC(Cl)(NC(=O)c1ccccc1)C(Cl)Cl. The number of rotatable bonds is 4. The highest BCUT2D eigenvalue weighted by Gasteiger charge is 2.36. The van der Waals surface area contributed by atoms with Crippen LogP contribution in [0.5, 0.6) is 0 Å². The van der Waals surface area contributed by atoms with Crippen LogP contribution in [0.3, 0.4) is 0 Å². The summed E-state index contributed by atoms with van der Waals surface area (Å²) in [4.78, 5) is 10.6. The lowest BCUT2D eigenvalue weighted by Crippen LogP contribution is -2.50. The minimum Gasteiger partial charge on any atom is -0.344 e. The first kappa shape index (κ1) is 13.6. The number of amides is 1. The molecule has 1 unspecified atom stereocenters. The van der Waals surface area contributed by atoms with E-state index >= 15 is 0 Å². The molecule has 1 aromatic carbocycles. The van der Waals surface area contributed by atoms with E-state index in [2.05, 4.69) is 5.32 Å². The molecule has 6 heteroatoms. The molecule has 1 aromatic rings. The maximum absolute atomic E-state index is 11.7. The van der Waals surface area contributed by atoms with Gasteiger partial charge < -0.3 is 10.1 Å². The number of halogens is 3. The van der Waals surface area contributed by atoms with Crippen molar-refractivity contribution in [3.8, 4) is 0 Å². The van der Waals surface area contributed by atoms with Gasteiger partial charge in [-0.25, -0.2) is 0 Å². The van der Waals surface area contributed by atoms with Gasteiger partial charge in [-0.15, -0.1) is 0 Å². The monoisotopic (exact) mass is 281 g/mol. The van der Waals surface area contributed by atoms with Crippen molar-refractivity contribution >= 4 is 40.7 Å². The van der Waals surface area contributed by atoms with Gasteiger partial charge in [-0.3, -0.25) is 4.79 Å². The maximum atomic E-state index is 11.7. The fourth-order valence-corrected chi connectivity index (χ4v) is 1.38. The summed E-state index contributed by atoms with van der Waals surface area (Å²) in [6.07, 6.45) is 0. The van der Waals surface area contributed by atoms with Crippen LogP contribution < -0.4 is 5.32 Å². The van der Waals surface area contributed by atoms with E-state index in [1.54, 1.807) is 30.3 Å². The lowest BCUT2D eigenvalue weighted by molar-refractivity contribution is 0.0395. The first-order chi connectivity index (χ1) is 7.49. The molecule has 0 saturated heterocycles. The Morgan fingerprint density at radius 3 is 2.38 bits per heavy atom. The summed E-state index contributed by atoms with van der Waals surface area (Å²) in [7, 11) is 1.30. The van der Waals surface area contributed by atoms with Crippen LogP contribution in [0.25, 0.3) is 0 Å². The van der Waals surface area contributed by atoms with Crippen molar-refractivity contribution in [2.45, 2.75) is 10.0 Å². The summed E-state index contributed by atoms with van der Waals surface area (Å²) in [6.45, 7) is 0. The minimum atomic E-state index is -1.63. The van der Waals surface area contributed by atoms with Crippen LogP contribution in [0.1, 0.15) is 10.4 Å². The fourth-order valence-electron chi connectivity index (χ4n) is 1.01. The number of nitrogens with one attached hydrogen (secondary N) is 1. The van der Waals surface area contributed by atoms with Crippen LogP contribution in [0, 0.1) is 0 Å². The predicted octanol–water partition coefficient (Wildman–Crippen LogP) is 2.76. The Morgan fingerprint density at radius 2 is 1.94 bits per heavy atom. The molecule has 0 radical (unpaired) electrons. The summed E-state index contributed by atoms with van der Waals surface area (Å²) in [6, 6.07) is 8.54. The summed E-state index contributed by atoms with van der Waals surface area (Å²) >= 11 is 17.1. The molecule has 0 aliphatic carbocycles. The van der Waals surface area contributed by atoms with E-state index in [0.717, 1.165) is 0 Å². The molecule has 88 valence electrons. The highest BCUT2D eigenvalue weighted by atomic mass is 35.5. The van der Waals surface area contributed by atoms with Crippen LogP contribution >= 0.6 is 34.8 Å². The van der Waals surface area contributed by atoms with E-state index in [9.17, 15) is 4.79 Å². The van der Waals surface area contributed by atoms with Crippen molar-refractivity contribution in [2.24, 2.45) is 0 Å². The standard InChI is InChI=1S/C10H10Cl3NO2/c1-16-10(13,9(11)12)14-8(15)7-5-3-2-4-6-7/h2-6,9H,1H3,(H,14,15). The summed E-state index contributed by atoms with van der Waals surface area (Å²) < 4.78 is 4.86. The van der Waals surface area contributed by atoms with Crippen molar-refractivity contribution in [1.29, 1.82) is 0 Å². The van der Waals surface area contributed by atoms with Crippen LogP contribution in [-0.2, 0) is 4.74 Å². The third-order valence-electron chi connectivity index (χ3n) is 1.90. The van der Waals surface area contributed by atoms with Crippen molar-refractivity contribution in [1.82, 2.24) is 5.32 Å². The number of alkyl halides is 3. The maximum Gasteiger partial charge on any atom is 0.254 e. The first-order valence-corrected chi connectivity index (χ1v) is 5.64. The Bertz CT molecular complexity index is 358. The number of methoxy groups -OCH3 is 1. The lowest BCUT2D eigenvalue weighted by atomic mass is 10.2. The zero-order valence-corrected chi connectivity index (χ0v) is 10.7. The Morgan fingerprint density at radius 1 is 1.38 bits per heavy atom. The van der Waals surface area contributed by atoms with Crippen molar-refractivity contribution in [3.63, 3.8) is 0 Å². The Balaban J connectivity index is 2.78. The number of carbonyl (C=O) groups is 1. The van der Waals surface area contributed by atoms with Crippen molar-refractivity contribution < 1.29 is 9.53 Å². The average Bonchev–Trinajstić information content (AvgIpc) is 2.29. The summed E-state index contributed by atoms with van der Waals surface area (Å²) in [5, 5.41) is 0.770. The van der Waals surface area contributed by atoms with Gasteiger partial charge in [-0.05, 0) is 12.1 Å². The molecule has 0 aliphatic rings. The number of hydrogen-bond donors (Lipinski definition) is 1. The van der Waals surface area contributed by atoms with E-state index < -0.39 is 15.9 Å². The molecule has 0 heterocycles. The number of benzene rings is 1. The van der Waals surface area contributed by atoms with Crippen LogP contribution in [0.15, 0.2) is 30.3 Å². The molecule has 1 rings (SSSR count). The third-order valence-corrected chi connectivity index (χ3v) is 3.20. The number of carbonyl (C=O) groups excluding carboxylic acids is 1. The molecular formula is C10H10Cl3NO2. The normalized spacial score (nSPS) is 14.6. The third kappa shape index (κ3) is 3.25. The van der Waals surface area contributed by atoms with Crippen LogP contribution in [-0.4, -0.2) is 23.0 Å². The molecule has 0 aliphatic heterocycles. The molecule has 3 nitrogen and oxygen atoms in total. The van der Waals surface area contributed by atoms with Gasteiger partial charge >= 0.3 is 0 Å². The highest BCUT2D eigenvalue weighted by molar-refractivity contribution is 6.49. The molecule has 1 N–H and O–H groups in total. The highest BCUT2D eigenvalue weighted by Crippen LogP contribution is 2.26. The smallest absolute Gasteiger partial charge is 0.254 e. The van der Waals surface area contributed by atoms with Gasteiger partial charge in [0.25, 0.3) is 5.91 Å². The predicted molar refractivity (Wildman–Crippen MR) is 65.0 cm³/mol. The summed E-state index contributed by atoms with van der Waals surface area (Å²) in [5.74, 6) is -0.413. The lowest BCUT2D eigenvalue weighted by Gasteiger charge is -2.27. The number of ether oxygens (including phenoxy) is 1. The topological polar surface area (TPSA) is 38.3 Å². The molecule has 1 atom stereocenters. The molecule has 0 saturated carbocycles. The fraction of sp³-hybridized carbons (Fsp3) is 0.300. The second-order valence-corrected chi connectivity index (χ2v) is 4.63. The van der Waals surface area contributed by atoms with Gasteiger partial charge in [-0.1, -0.05) is 53.0 Å². The molecule has 0 aromatic heterocycles. The summed E-state index contributed by atoms with van der Waals surface area (Å²) in [5.41, 5.74) is 0.443. The molecular weight excluding hydrogens is 272 g/mol. The quantitative estimate of drug-likeness (QED) is 0.524. The van der Waals surface area contributed by atoms with Crippen molar-refractivity contribution in [2.75, 3.05) is 7.11 Å². The van der Waals surface area contributed by atoms with Gasteiger partial charge in [0.2, 0.25) is 5.18 Å². The van der Waals surface area contributed by atoms with Gasteiger partial charge in [0, 0.05) is 12.7 Å². The second kappa shape index (κ2) is 5.73. The molecule has 16 heavy (non-hydrogen) atoms. The largest absolute Gasteiger partial charge is 0.344 e. The van der Waals surface area contributed by atoms with Gasteiger partial charge in [0.15, 0.2) is 4.84 Å². The van der Waals surface area contributed by atoms with Crippen molar-refractivity contribution in [3.05, 3.63) is 35.9 Å². The first-order valence-electron chi connectivity index (χ1n) is 4.39. The van der Waals surface area contributed by atoms with E-state index in [1.165, 1.54) is 7.11 Å². The van der Waals surface area contributed by atoms with E-state index in [4.69, 9.17) is 39.5 Å². The van der Waals surface area contributed by atoms with E-state index in [0.29, 0.717) is 5.56 Å². The van der Waals surface area contributed by atoms with Gasteiger partial charge in [0.05, 0.1) is 0 Å². The van der Waals surface area contributed by atoms with Crippen LogP contribution in [0.2, 0.25) is 0 Å². The molecule has 0 fully saturated rings. The Hall–Kier alpha value is -0.480. The zero-order valence-electron chi connectivity index (χ0n) is 8.41. The minimum absolute atomic E-state index is 0.413. The molecule has 0 bridgehead atoms.